The quantitative estimate of drug-likeness (QED) is 0.801. The molecule has 0 amide bonds. The molecule has 0 aromatic heterocycles. The van der Waals surface area contributed by atoms with Gasteiger partial charge in [0.25, 0.3) is 0 Å². The third-order valence-electron chi connectivity index (χ3n) is 2.83. The van der Waals surface area contributed by atoms with Crippen LogP contribution in [0.3, 0.4) is 0 Å². The highest BCUT2D eigenvalue weighted by molar-refractivity contribution is 7.99. The standard InChI is InChI=1S/C15H15Cl2NOS/c1-19-15-7-10(5-6-13(15)17)14(18)9-20-12-4-2-3-11(16)8-12/h2-8,14H,9,18H2,1H3. The van der Waals surface area contributed by atoms with Gasteiger partial charge in [0.05, 0.1) is 12.1 Å². The first-order chi connectivity index (χ1) is 9.60. The summed E-state index contributed by atoms with van der Waals surface area (Å²) in [4.78, 5) is 1.11. The van der Waals surface area contributed by atoms with Crippen molar-refractivity contribution in [2.45, 2.75) is 10.9 Å². The lowest BCUT2D eigenvalue weighted by molar-refractivity contribution is 0.414. The molecule has 0 radical (unpaired) electrons. The zero-order valence-electron chi connectivity index (χ0n) is 11.0. The lowest BCUT2D eigenvalue weighted by Crippen LogP contribution is -2.13. The number of hydrogen-bond acceptors (Lipinski definition) is 3. The summed E-state index contributed by atoms with van der Waals surface area (Å²) in [7, 11) is 1.59. The summed E-state index contributed by atoms with van der Waals surface area (Å²) in [5.74, 6) is 1.40. The first kappa shape index (κ1) is 15.5. The van der Waals surface area contributed by atoms with Crippen molar-refractivity contribution in [1.29, 1.82) is 0 Å². The van der Waals surface area contributed by atoms with E-state index in [1.54, 1.807) is 24.9 Å². The summed E-state index contributed by atoms with van der Waals surface area (Å²) >= 11 is 13.6. The minimum absolute atomic E-state index is 0.0925. The van der Waals surface area contributed by atoms with Gasteiger partial charge in [-0.2, -0.15) is 0 Å². The van der Waals surface area contributed by atoms with Crippen LogP contribution in [0.15, 0.2) is 47.4 Å². The van der Waals surface area contributed by atoms with Crippen molar-refractivity contribution in [3.63, 3.8) is 0 Å². The number of methoxy groups -OCH3 is 1. The summed E-state index contributed by atoms with van der Waals surface area (Å²) in [6, 6.07) is 13.3. The van der Waals surface area contributed by atoms with Gasteiger partial charge >= 0.3 is 0 Å². The minimum atomic E-state index is -0.0925. The Hall–Kier alpha value is -0.870. The highest BCUT2D eigenvalue weighted by Crippen LogP contribution is 2.30. The van der Waals surface area contributed by atoms with Gasteiger partial charge in [0.1, 0.15) is 5.75 Å². The molecule has 2 aromatic rings. The number of benzene rings is 2. The van der Waals surface area contributed by atoms with Crippen LogP contribution < -0.4 is 10.5 Å². The molecular formula is C15H15Cl2NOS. The lowest BCUT2D eigenvalue weighted by Gasteiger charge is -2.13. The Morgan fingerprint density at radius 3 is 2.70 bits per heavy atom. The SMILES string of the molecule is COc1cc(C(N)CSc2cccc(Cl)c2)ccc1Cl. The summed E-state index contributed by atoms with van der Waals surface area (Å²) in [5.41, 5.74) is 7.20. The van der Waals surface area contributed by atoms with E-state index in [4.69, 9.17) is 33.7 Å². The van der Waals surface area contributed by atoms with E-state index in [0.29, 0.717) is 10.8 Å². The van der Waals surface area contributed by atoms with Crippen molar-refractivity contribution in [2.24, 2.45) is 5.73 Å². The zero-order valence-corrected chi connectivity index (χ0v) is 13.3. The fourth-order valence-corrected chi connectivity index (χ4v) is 3.15. The Morgan fingerprint density at radius 1 is 1.20 bits per heavy atom. The molecular weight excluding hydrogens is 313 g/mol. The first-order valence-corrected chi connectivity index (χ1v) is 7.81. The van der Waals surface area contributed by atoms with Gasteiger partial charge in [0.2, 0.25) is 0 Å². The van der Waals surface area contributed by atoms with E-state index in [-0.39, 0.29) is 6.04 Å². The molecule has 0 spiro atoms. The second kappa shape index (κ2) is 7.23. The van der Waals surface area contributed by atoms with Gasteiger partial charge < -0.3 is 10.5 Å². The molecule has 106 valence electrons. The van der Waals surface area contributed by atoms with Crippen molar-refractivity contribution in [1.82, 2.24) is 0 Å². The number of thioether (sulfide) groups is 1. The van der Waals surface area contributed by atoms with E-state index in [1.807, 2.05) is 36.4 Å². The molecule has 0 fully saturated rings. The summed E-state index contributed by atoms with van der Waals surface area (Å²) < 4.78 is 5.20. The van der Waals surface area contributed by atoms with Gasteiger partial charge in [-0.3, -0.25) is 0 Å². The highest BCUT2D eigenvalue weighted by atomic mass is 35.5. The topological polar surface area (TPSA) is 35.2 Å². The Bertz CT molecular complexity index is 592. The van der Waals surface area contributed by atoms with E-state index in [2.05, 4.69) is 0 Å². The van der Waals surface area contributed by atoms with Crippen LogP contribution in [0.4, 0.5) is 0 Å². The van der Waals surface area contributed by atoms with Gasteiger partial charge in [-0.15, -0.1) is 11.8 Å². The van der Waals surface area contributed by atoms with Crippen LogP contribution >= 0.6 is 35.0 Å². The average molecular weight is 328 g/mol. The van der Waals surface area contributed by atoms with E-state index < -0.39 is 0 Å². The monoisotopic (exact) mass is 327 g/mol. The van der Waals surface area contributed by atoms with Crippen LogP contribution in [0.5, 0.6) is 5.75 Å². The van der Waals surface area contributed by atoms with Crippen LogP contribution in [-0.4, -0.2) is 12.9 Å². The van der Waals surface area contributed by atoms with Gasteiger partial charge in [-0.05, 0) is 35.9 Å². The van der Waals surface area contributed by atoms with Crippen LogP contribution in [0.2, 0.25) is 10.0 Å². The summed E-state index contributed by atoms with van der Waals surface area (Å²) in [6.07, 6.45) is 0. The summed E-state index contributed by atoms with van der Waals surface area (Å²) in [6.45, 7) is 0. The molecule has 5 heteroatoms. The van der Waals surface area contributed by atoms with Gasteiger partial charge in [-0.1, -0.05) is 35.3 Å². The normalized spacial score (nSPS) is 12.2. The smallest absolute Gasteiger partial charge is 0.137 e. The van der Waals surface area contributed by atoms with Crippen LogP contribution in [-0.2, 0) is 0 Å². The van der Waals surface area contributed by atoms with Gasteiger partial charge in [0, 0.05) is 21.7 Å². The number of ether oxygens (including phenoxy) is 1. The maximum absolute atomic E-state index is 6.20. The average Bonchev–Trinajstić information content (AvgIpc) is 2.45. The Kier molecular flexibility index (Phi) is 5.61. The largest absolute Gasteiger partial charge is 0.495 e. The fourth-order valence-electron chi connectivity index (χ4n) is 1.75. The van der Waals surface area contributed by atoms with E-state index in [0.717, 1.165) is 21.2 Å². The van der Waals surface area contributed by atoms with Crippen LogP contribution in [0.1, 0.15) is 11.6 Å². The van der Waals surface area contributed by atoms with Crippen LogP contribution in [0, 0.1) is 0 Å². The van der Waals surface area contributed by atoms with Gasteiger partial charge in [-0.25, -0.2) is 0 Å². The molecule has 2 aromatic carbocycles. The number of nitrogens with two attached hydrogens (primary N) is 1. The van der Waals surface area contributed by atoms with Crippen molar-refractivity contribution >= 4 is 35.0 Å². The second-order valence-electron chi connectivity index (χ2n) is 4.27. The Morgan fingerprint density at radius 2 is 2.00 bits per heavy atom. The lowest BCUT2D eigenvalue weighted by atomic mass is 10.1. The Labute approximate surface area is 133 Å². The third-order valence-corrected chi connectivity index (χ3v) is 4.49. The molecule has 0 saturated carbocycles. The van der Waals surface area contributed by atoms with E-state index in [9.17, 15) is 0 Å². The van der Waals surface area contributed by atoms with Crippen molar-refractivity contribution in [3.05, 3.63) is 58.1 Å². The predicted molar refractivity (Wildman–Crippen MR) is 87.1 cm³/mol. The zero-order chi connectivity index (χ0) is 14.5. The molecule has 0 saturated heterocycles. The fraction of sp³-hybridized carbons (Fsp3) is 0.200. The molecule has 0 aliphatic rings. The number of rotatable bonds is 5. The minimum Gasteiger partial charge on any atom is -0.495 e. The molecule has 2 N–H and O–H groups in total. The molecule has 0 aliphatic heterocycles. The maximum atomic E-state index is 6.20. The number of hydrogen-bond donors (Lipinski definition) is 1. The van der Waals surface area contributed by atoms with Crippen molar-refractivity contribution in [2.75, 3.05) is 12.9 Å². The molecule has 0 aliphatic carbocycles. The molecule has 2 nitrogen and oxygen atoms in total. The molecule has 0 heterocycles. The second-order valence-corrected chi connectivity index (χ2v) is 6.21. The molecule has 1 atom stereocenters. The first-order valence-electron chi connectivity index (χ1n) is 6.07. The number of halogens is 2. The predicted octanol–water partition coefficient (Wildman–Crippen LogP) is 4.79. The third kappa shape index (κ3) is 4.06. The van der Waals surface area contributed by atoms with E-state index >= 15 is 0 Å². The Balaban J connectivity index is 2.03. The highest BCUT2D eigenvalue weighted by Gasteiger charge is 2.10. The van der Waals surface area contributed by atoms with Gasteiger partial charge in [0.15, 0.2) is 0 Å². The molecule has 20 heavy (non-hydrogen) atoms. The maximum Gasteiger partial charge on any atom is 0.137 e. The molecule has 2 rings (SSSR count). The van der Waals surface area contributed by atoms with Crippen LogP contribution in [0.25, 0.3) is 0 Å². The van der Waals surface area contributed by atoms with Crippen molar-refractivity contribution < 1.29 is 4.74 Å². The van der Waals surface area contributed by atoms with E-state index in [1.165, 1.54) is 0 Å². The summed E-state index contributed by atoms with van der Waals surface area (Å²) in [5, 5.41) is 1.32. The van der Waals surface area contributed by atoms with Crippen molar-refractivity contribution in [3.8, 4) is 5.75 Å². The molecule has 0 bridgehead atoms. The molecule has 1 unspecified atom stereocenters.